The molecule has 33 heavy (non-hydrogen) atoms. The molecule has 1 aromatic heterocycles. The number of benzene rings is 1. The molecule has 0 atom stereocenters. The number of anilines is 1. The van der Waals surface area contributed by atoms with Gasteiger partial charge in [0.15, 0.2) is 0 Å². The Kier molecular flexibility index (Phi) is 7.53. The zero-order valence-electron chi connectivity index (χ0n) is 18.6. The number of nitrogens with two attached hydrogens (primary N) is 1. The van der Waals surface area contributed by atoms with Gasteiger partial charge in [0.25, 0.3) is 0 Å². The van der Waals surface area contributed by atoms with Gasteiger partial charge in [0.2, 0.25) is 15.9 Å². The normalized spacial score (nSPS) is 19.0. The van der Waals surface area contributed by atoms with Crippen molar-refractivity contribution in [3.05, 3.63) is 58.7 Å². The fraction of sp³-hybridized carbons (Fsp3) is 0.478. The third kappa shape index (κ3) is 6.23. The van der Waals surface area contributed by atoms with Crippen molar-refractivity contribution in [3.63, 3.8) is 0 Å². The summed E-state index contributed by atoms with van der Waals surface area (Å²) < 4.78 is 27.1. The second-order valence-electron chi connectivity index (χ2n) is 8.75. The van der Waals surface area contributed by atoms with Crippen molar-refractivity contribution < 1.29 is 13.2 Å². The third-order valence-electron chi connectivity index (χ3n) is 6.39. The Morgan fingerprint density at radius 1 is 1.00 bits per heavy atom. The average molecular weight is 492 g/mol. The van der Waals surface area contributed by atoms with Crippen molar-refractivity contribution in [3.8, 4) is 0 Å². The summed E-state index contributed by atoms with van der Waals surface area (Å²) in [7, 11) is -3.43. The lowest BCUT2D eigenvalue weighted by Crippen LogP contribution is -2.53. The number of likely N-dealkylation sites (tertiary alicyclic amines) is 1. The first-order valence-corrected chi connectivity index (χ1v) is 13.2. The maximum atomic E-state index is 13.0. The molecule has 1 amide bonds. The van der Waals surface area contributed by atoms with Crippen LogP contribution in [0.4, 0.5) is 5.82 Å². The van der Waals surface area contributed by atoms with E-state index in [9.17, 15) is 13.2 Å². The van der Waals surface area contributed by atoms with Gasteiger partial charge in [-0.3, -0.25) is 9.69 Å². The summed E-state index contributed by atoms with van der Waals surface area (Å²) in [4.78, 5) is 21.2. The van der Waals surface area contributed by atoms with E-state index in [2.05, 4.69) is 9.88 Å². The number of hydrogen-bond donors (Lipinski definition) is 1. The minimum absolute atomic E-state index is 0.000911. The first-order chi connectivity index (χ1) is 15.8. The number of carbonyl (C=O) groups excluding carboxylic acids is 1. The average Bonchev–Trinajstić information content (AvgIpc) is 2.81. The Balaban J connectivity index is 1.24. The fourth-order valence-corrected chi connectivity index (χ4v) is 6.16. The summed E-state index contributed by atoms with van der Waals surface area (Å²) in [6.07, 6.45) is 3.35. The lowest BCUT2D eigenvalue weighted by Gasteiger charge is -2.38. The number of piperidine rings is 1. The quantitative estimate of drug-likeness (QED) is 0.665. The van der Waals surface area contributed by atoms with Crippen LogP contribution in [0.2, 0.25) is 5.02 Å². The van der Waals surface area contributed by atoms with E-state index in [1.165, 1.54) is 4.31 Å². The Labute approximate surface area is 200 Å². The van der Waals surface area contributed by atoms with E-state index >= 15 is 0 Å². The fourth-order valence-electron chi connectivity index (χ4n) is 4.52. The number of pyridine rings is 1. The largest absolute Gasteiger partial charge is 0.384 e. The Morgan fingerprint density at radius 3 is 2.30 bits per heavy atom. The molecular weight excluding hydrogens is 462 g/mol. The Bertz CT molecular complexity index is 1060. The van der Waals surface area contributed by atoms with Gasteiger partial charge in [-0.15, -0.1) is 0 Å². The van der Waals surface area contributed by atoms with E-state index in [0.29, 0.717) is 42.6 Å². The van der Waals surface area contributed by atoms with Gasteiger partial charge in [-0.2, -0.15) is 4.31 Å². The van der Waals surface area contributed by atoms with Gasteiger partial charge >= 0.3 is 0 Å². The lowest BCUT2D eigenvalue weighted by molar-refractivity contribution is -0.138. The summed E-state index contributed by atoms with van der Waals surface area (Å²) in [6, 6.07) is 10.7. The molecule has 0 bridgehead atoms. The van der Waals surface area contributed by atoms with Gasteiger partial charge in [-0.05, 0) is 61.3 Å². The molecule has 2 aliphatic rings. The highest BCUT2D eigenvalue weighted by atomic mass is 35.5. The maximum absolute atomic E-state index is 13.0. The van der Waals surface area contributed by atoms with Crippen molar-refractivity contribution in [2.45, 2.75) is 25.1 Å². The van der Waals surface area contributed by atoms with Gasteiger partial charge in [0.1, 0.15) is 5.82 Å². The summed E-state index contributed by atoms with van der Waals surface area (Å²) in [6.45, 7) is 4.07. The predicted octanol–water partition coefficient (Wildman–Crippen LogP) is 2.20. The number of amides is 1. The number of piperazine rings is 1. The van der Waals surface area contributed by atoms with E-state index in [-0.39, 0.29) is 17.6 Å². The molecule has 2 saturated heterocycles. The van der Waals surface area contributed by atoms with Gasteiger partial charge < -0.3 is 10.6 Å². The van der Waals surface area contributed by atoms with Crippen LogP contribution >= 0.6 is 11.6 Å². The molecule has 2 aromatic rings. The van der Waals surface area contributed by atoms with Crippen LogP contribution in [0.5, 0.6) is 0 Å². The maximum Gasteiger partial charge on any atom is 0.225 e. The number of carbonyl (C=O) groups is 1. The van der Waals surface area contributed by atoms with Crippen LogP contribution in [0.15, 0.2) is 42.6 Å². The van der Waals surface area contributed by atoms with Crippen molar-refractivity contribution >= 4 is 33.3 Å². The summed E-state index contributed by atoms with van der Waals surface area (Å²) in [5, 5.41) is 0.580. The molecule has 8 nitrogen and oxygen atoms in total. The Hall–Kier alpha value is -2.20. The van der Waals surface area contributed by atoms with E-state index < -0.39 is 10.0 Å². The molecular formula is C23H30ClN5O3S. The third-order valence-corrected chi connectivity index (χ3v) is 8.50. The smallest absolute Gasteiger partial charge is 0.225 e. The molecule has 0 saturated carbocycles. The number of aromatic nitrogens is 1. The summed E-state index contributed by atoms with van der Waals surface area (Å²) in [5.74, 6) is 0.616. The van der Waals surface area contributed by atoms with E-state index in [1.807, 2.05) is 17.0 Å². The van der Waals surface area contributed by atoms with E-state index in [4.69, 9.17) is 17.3 Å². The second kappa shape index (κ2) is 10.4. The van der Waals surface area contributed by atoms with E-state index in [0.717, 1.165) is 38.0 Å². The SMILES string of the molecule is Nc1cc(CN2CCC(C(=O)N3CCN(S(=O)(=O)Cc4ccc(Cl)cc4)CC3)CC2)ccn1. The predicted molar refractivity (Wildman–Crippen MR) is 129 cm³/mol. The molecule has 0 aliphatic carbocycles. The molecule has 2 N–H and O–H groups in total. The topological polar surface area (TPSA) is 99.8 Å². The minimum atomic E-state index is -3.43. The van der Waals surface area contributed by atoms with Crippen LogP contribution in [-0.2, 0) is 27.1 Å². The molecule has 178 valence electrons. The standard InChI is InChI=1S/C23H30ClN5O3S/c24-21-3-1-18(2-4-21)17-33(31,32)29-13-11-28(12-14-29)23(30)20-6-9-27(10-7-20)16-19-5-8-26-22(25)15-19/h1-5,8,15,20H,6-7,9-14,16-17H2,(H2,25,26). The zero-order valence-corrected chi connectivity index (χ0v) is 20.1. The van der Waals surface area contributed by atoms with Crippen LogP contribution in [0.25, 0.3) is 0 Å². The highest BCUT2D eigenvalue weighted by Gasteiger charge is 2.33. The van der Waals surface area contributed by atoms with Crippen LogP contribution in [0, 0.1) is 5.92 Å². The van der Waals surface area contributed by atoms with Crippen LogP contribution in [-0.4, -0.2) is 72.7 Å². The van der Waals surface area contributed by atoms with Gasteiger partial charge in [0, 0.05) is 49.9 Å². The van der Waals surface area contributed by atoms with Crippen LogP contribution in [0.1, 0.15) is 24.0 Å². The van der Waals surface area contributed by atoms with Gasteiger partial charge in [-0.1, -0.05) is 23.7 Å². The molecule has 0 radical (unpaired) electrons. The number of nitrogens with zero attached hydrogens (tertiary/aromatic N) is 4. The molecule has 10 heteroatoms. The number of hydrogen-bond acceptors (Lipinski definition) is 6. The molecule has 3 heterocycles. The zero-order chi connectivity index (χ0) is 23.4. The molecule has 0 unspecified atom stereocenters. The number of halogens is 1. The monoisotopic (exact) mass is 491 g/mol. The molecule has 2 fully saturated rings. The van der Waals surface area contributed by atoms with E-state index in [1.54, 1.807) is 30.5 Å². The molecule has 4 rings (SSSR count). The first-order valence-electron chi connectivity index (χ1n) is 11.2. The lowest BCUT2D eigenvalue weighted by atomic mass is 9.94. The molecule has 2 aliphatic heterocycles. The van der Waals surface area contributed by atoms with Crippen molar-refractivity contribution in [2.75, 3.05) is 45.0 Å². The van der Waals surface area contributed by atoms with Gasteiger partial charge in [-0.25, -0.2) is 13.4 Å². The highest BCUT2D eigenvalue weighted by molar-refractivity contribution is 7.88. The van der Waals surface area contributed by atoms with Crippen molar-refractivity contribution in [2.24, 2.45) is 5.92 Å². The number of sulfonamides is 1. The summed E-state index contributed by atoms with van der Waals surface area (Å²) in [5.41, 5.74) is 7.60. The van der Waals surface area contributed by atoms with Crippen molar-refractivity contribution in [1.29, 1.82) is 0 Å². The molecule has 0 spiro atoms. The highest BCUT2D eigenvalue weighted by Crippen LogP contribution is 2.23. The van der Waals surface area contributed by atoms with Crippen LogP contribution < -0.4 is 5.73 Å². The molecule has 1 aromatic carbocycles. The summed E-state index contributed by atoms with van der Waals surface area (Å²) >= 11 is 5.88. The van der Waals surface area contributed by atoms with Crippen molar-refractivity contribution in [1.82, 2.24) is 19.1 Å². The van der Waals surface area contributed by atoms with Crippen LogP contribution in [0.3, 0.4) is 0 Å². The minimum Gasteiger partial charge on any atom is -0.384 e. The number of nitrogen functional groups attached to an aromatic ring is 1. The first kappa shape index (κ1) is 23.9. The number of rotatable bonds is 6. The second-order valence-corrected chi connectivity index (χ2v) is 11.2. The Morgan fingerprint density at radius 2 is 1.67 bits per heavy atom. The van der Waals surface area contributed by atoms with Gasteiger partial charge in [0.05, 0.1) is 5.75 Å².